The number of aryl methyl sites for hydroxylation is 1. The number of halogens is 1. The van der Waals surface area contributed by atoms with Crippen LogP contribution in [0.2, 0.25) is 0 Å². The first kappa shape index (κ1) is 22.2. The van der Waals surface area contributed by atoms with E-state index in [0.717, 1.165) is 35.2 Å². The molecular weight excluding hydrogens is 465 g/mol. The van der Waals surface area contributed by atoms with Crippen molar-refractivity contribution < 1.29 is 9.53 Å². The maximum atomic E-state index is 11.2. The third-order valence-electron chi connectivity index (χ3n) is 3.41. The van der Waals surface area contributed by atoms with Gasteiger partial charge in [0.2, 0.25) is 0 Å². The number of rotatable bonds is 6. The number of anilines is 1. The van der Waals surface area contributed by atoms with Crippen LogP contribution < -0.4 is 16.0 Å². The molecule has 1 aromatic carbocycles. The van der Waals surface area contributed by atoms with Gasteiger partial charge in [-0.05, 0) is 24.6 Å². The number of carbonyl (C=O) groups is 1. The van der Waals surface area contributed by atoms with Crippen molar-refractivity contribution in [2.45, 2.75) is 19.9 Å². The molecule has 2 aromatic rings. The molecule has 1 heterocycles. The van der Waals surface area contributed by atoms with Crippen LogP contribution in [0.15, 0.2) is 34.6 Å². The normalized spacial score (nSPS) is 10.7. The smallest absolute Gasteiger partial charge is 0.411 e. The Kier molecular flexibility index (Phi) is 9.96. The van der Waals surface area contributed by atoms with E-state index in [2.05, 4.69) is 36.0 Å². The highest BCUT2D eigenvalue weighted by atomic mass is 127. The summed E-state index contributed by atoms with van der Waals surface area (Å²) in [5.41, 5.74) is 2.87. The van der Waals surface area contributed by atoms with Gasteiger partial charge in [-0.2, -0.15) is 0 Å². The van der Waals surface area contributed by atoms with E-state index >= 15 is 0 Å². The highest BCUT2D eigenvalue weighted by molar-refractivity contribution is 14.0. The zero-order chi connectivity index (χ0) is 18.1. The maximum Gasteiger partial charge on any atom is 0.411 e. The summed E-state index contributed by atoms with van der Waals surface area (Å²) in [5.74, 6) is 0.740. The lowest BCUT2D eigenvalue weighted by molar-refractivity contribution is 0.187. The molecule has 0 atom stereocenters. The molecule has 0 unspecified atom stereocenters. The van der Waals surface area contributed by atoms with Crippen molar-refractivity contribution in [2.75, 3.05) is 26.0 Å². The number of nitrogens with zero attached hydrogens (tertiary/aromatic N) is 2. The fraction of sp³-hybridized carbons (Fsp3) is 0.353. The lowest BCUT2D eigenvalue weighted by atomic mass is 10.2. The number of thiazole rings is 1. The lowest BCUT2D eigenvalue weighted by Gasteiger charge is -2.12. The van der Waals surface area contributed by atoms with Crippen LogP contribution in [0.4, 0.5) is 10.5 Å². The number of ether oxygens (including phenoxy) is 1. The summed E-state index contributed by atoms with van der Waals surface area (Å²) in [5, 5.41) is 12.3. The van der Waals surface area contributed by atoms with E-state index in [4.69, 9.17) is 0 Å². The first-order valence-corrected chi connectivity index (χ1v) is 8.78. The number of benzene rings is 1. The molecule has 7 nitrogen and oxygen atoms in total. The van der Waals surface area contributed by atoms with Crippen LogP contribution in [0.3, 0.4) is 0 Å². The van der Waals surface area contributed by atoms with Crippen molar-refractivity contribution in [1.82, 2.24) is 15.6 Å². The topological polar surface area (TPSA) is 87.6 Å². The average molecular weight is 489 g/mol. The van der Waals surface area contributed by atoms with E-state index in [1.54, 1.807) is 18.4 Å². The zero-order valence-corrected chi connectivity index (χ0v) is 18.2. The standard InChI is InChI=1S/C17H23N5O2S.HI/c1-12-21-15(11-25-12)8-9-19-16(18-2)20-10-13-4-6-14(7-5-13)22-17(23)24-3;/h4-7,11H,8-10H2,1-3H3,(H,22,23)(H2,18,19,20);1H. The molecule has 1 aromatic heterocycles. The predicted octanol–water partition coefficient (Wildman–Crippen LogP) is 3.16. The minimum Gasteiger partial charge on any atom is -0.453 e. The van der Waals surface area contributed by atoms with Gasteiger partial charge in [0.25, 0.3) is 0 Å². The van der Waals surface area contributed by atoms with Gasteiger partial charge in [-0.3, -0.25) is 10.3 Å². The Balaban J connectivity index is 0.00000338. The molecule has 0 radical (unpaired) electrons. The van der Waals surface area contributed by atoms with Crippen molar-refractivity contribution in [3.05, 3.63) is 45.9 Å². The summed E-state index contributed by atoms with van der Waals surface area (Å²) < 4.78 is 4.56. The Morgan fingerprint density at radius 3 is 2.58 bits per heavy atom. The number of amides is 1. The fourth-order valence-electron chi connectivity index (χ4n) is 2.11. The molecule has 0 aliphatic rings. The predicted molar refractivity (Wildman–Crippen MR) is 117 cm³/mol. The van der Waals surface area contributed by atoms with Crippen LogP contribution in [0.5, 0.6) is 0 Å². The van der Waals surface area contributed by atoms with E-state index < -0.39 is 6.09 Å². The molecule has 0 bridgehead atoms. The number of guanidine groups is 1. The molecule has 9 heteroatoms. The second kappa shape index (κ2) is 11.7. The first-order chi connectivity index (χ1) is 12.1. The maximum absolute atomic E-state index is 11.2. The molecule has 142 valence electrons. The summed E-state index contributed by atoms with van der Waals surface area (Å²) in [7, 11) is 3.08. The van der Waals surface area contributed by atoms with Crippen LogP contribution >= 0.6 is 35.3 Å². The summed E-state index contributed by atoms with van der Waals surface area (Å²) in [6.45, 7) is 3.41. The van der Waals surface area contributed by atoms with Crippen molar-refractivity contribution >= 4 is 53.1 Å². The number of hydrogen-bond acceptors (Lipinski definition) is 5. The number of hydrogen-bond donors (Lipinski definition) is 3. The minimum atomic E-state index is -0.481. The highest BCUT2D eigenvalue weighted by Gasteiger charge is 2.03. The largest absolute Gasteiger partial charge is 0.453 e. The molecule has 26 heavy (non-hydrogen) atoms. The summed E-state index contributed by atoms with van der Waals surface area (Å²) in [6, 6.07) is 7.52. The van der Waals surface area contributed by atoms with E-state index in [9.17, 15) is 4.79 Å². The lowest BCUT2D eigenvalue weighted by Crippen LogP contribution is -2.37. The second-order valence-corrected chi connectivity index (χ2v) is 6.34. The van der Waals surface area contributed by atoms with Gasteiger partial charge in [0.05, 0.1) is 17.8 Å². The summed E-state index contributed by atoms with van der Waals surface area (Å²) >= 11 is 1.66. The monoisotopic (exact) mass is 489 g/mol. The molecule has 1 amide bonds. The summed E-state index contributed by atoms with van der Waals surface area (Å²) in [4.78, 5) is 19.8. The highest BCUT2D eigenvalue weighted by Crippen LogP contribution is 2.10. The molecule has 0 saturated carbocycles. The molecule has 0 aliphatic carbocycles. The number of methoxy groups -OCH3 is 1. The summed E-state index contributed by atoms with van der Waals surface area (Å²) in [6.07, 6.45) is 0.379. The van der Waals surface area contributed by atoms with Crippen molar-refractivity contribution in [1.29, 1.82) is 0 Å². The number of carbonyl (C=O) groups excluding carboxylic acids is 1. The van der Waals surface area contributed by atoms with Gasteiger partial charge < -0.3 is 15.4 Å². The van der Waals surface area contributed by atoms with E-state index in [0.29, 0.717) is 12.2 Å². The average Bonchev–Trinajstić information content (AvgIpc) is 3.04. The molecular formula is C17H24IN5O2S. The Morgan fingerprint density at radius 1 is 1.27 bits per heavy atom. The Labute approximate surface area is 174 Å². The minimum absolute atomic E-state index is 0. The van der Waals surface area contributed by atoms with E-state index in [1.807, 2.05) is 31.2 Å². The van der Waals surface area contributed by atoms with Crippen LogP contribution in [0.25, 0.3) is 0 Å². The van der Waals surface area contributed by atoms with Gasteiger partial charge >= 0.3 is 6.09 Å². The van der Waals surface area contributed by atoms with Crippen LogP contribution in [0, 0.1) is 6.92 Å². The Hall–Kier alpha value is -1.88. The zero-order valence-electron chi connectivity index (χ0n) is 15.0. The van der Waals surface area contributed by atoms with Crippen molar-refractivity contribution in [3.8, 4) is 0 Å². The number of aliphatic imine (C=N–C) groups is 1. The molecule has 0 fully saturated rings. The van der Waals surface area contributed by atoms with Crippen LogP contribution in [-0.4, -0.2) is 37.7 Å². The third-order valence-corrected chi connectivity index (χ3v) is 4.23. The van der Waals surface area contributed by atoms with Gasteiger partial charge in [-0.15, -0.1) is 35.3 Å². The van der Waals surface area contributed by atoms with Crippen molar-refractivity contribution in [2.24, 2.45) is 4.99 Å². The Bertz CT molecular complexity index is 718. The molecule has 0 spiro atoms. The van der Waals surface area contributed by atoms with Gasteiger partial charge in [-0.1, -0.05) is 12.1 Å². The third kappa shape index (κ3) is 7.56. The van der Waals surface area contributed by atoms with Crippen LogP contribution in [0.1, 0.15) is 16.3 Å². The molecule has 0 saturated heterocycles. The second-order valence-electron chi connectivity index (χ2n) is 5.27. The fourth-order valence-corrected chi connectivity index (χ4v) is 2.76. The first-order valence-electron chi connectivity index (χ1n) is 7.90. The van der Waals surface area contributed by atoms with E-state index in [-0.39, 0.29) is 24.0 Å². The van der Waals surface area contributed by atoms with Crippen molar-refractivity contribution in [3.63, 3.8) is 0 Å². The van der Waals surface area contributed by atoms with Crippen LogP contribution in [-0.2, 0) is 17.7 Å². The van der Waals surface area contributed by atoms with E-state index in [1.165, 1.54) is 7.11 Å². The Morgan fingerprint density at radius 2 is 2.00 bits per heavy atom. The van der Waals surface area contributed by atoms with Gasteiger partial charge in [-0.25, -0.2) is 9.78 Å². The quantitative estimate of drug-likeness (QED) is 0.330. The SMILES string of the molecule is CN=C(NCCc1csc(C)n1)NCc1ccc(NC(=O)OC)cc1.I. The molecule has 3 N–H and O–H groups in total. The molecule has 2 rings (SSSR count). The van der Waals surface area contributed by atoms with Gasteiger partial charge in [0.1, 0.15) is 0 Å². The van der Waals surface area contributed by atoms with Gasteiger partial charge in [0, 0.05) is 37.6 Å². The molecule has 0 aliphatic heterocycles. The number of nitrogens with one attached hydrogen (secondary N) is 3. The van der Waals surface area contributed by atoms with Gasteiger partial charge in [0.15, 0.2) is 5.96 Å². The number of aromatic nitrogens is 1.